The number of nitriles is 1. The summed E-state index contributed by atoms with van der Waals surface area (Å²) in [4.78, 5) is 31.2. The Hall–Kier alpha value is -3.96. The number of carbonyl (C=O) groups is 1. The van der Waals surface area contributed by atoms with E-state index in [1.165, 1.54) is 6.21 Å². The maximum absolute atomic E-state index is 12.3. The largest absolute Gasteiger partial charge is 0.462 e. The van der Waals surface area contributed by atoms with Gasteiger partial charge in [-0.25, -0.2) is 15.2 Å². The van der Waals surface area contributed by atoms with Gasteiger partial charge in [-0.05, 0) is 13.0 Å². The molecular formula is C21H16ClN5O3. The number of benzene rings is 2. The fraction of sp³-hybridized carbons (Fsp3) is 0.0952. The standard InChI is InChI=1S/C21H16ClN5O3/c1-2-30-20(29)17-14(9-6-10-16(17)22)12-24-27-21-25-18(13-7-4-3-5-8-13)15(11-23)19(28)26-21/h3-10,12H,2H2,1H3,(H2,25,26,27,28). The highest BCUT2D eigenvalue weighted by Crippen LogP contribution is 2.21. The monoisotopic (exact) mass is 421 g/mol. The molecule has 30 heavy (non-hydrogen) atoms. The number of nitrogens with one attached hydrogen (secondary N) is 2. The molecule has 0 saturated heterocycles. The SMILES string of the molecule is CCOC(=O)c1c(Cl)cccc1C=NNc1nc(-c2ccccc2)c(C#N)c(=O)[nH]1. The summed E-state index contributed by atoms with van der Waals surface area (Å²) < 4.78 is 5.02. The number of anilines is 1. The van der Waals surface area contributed by atoms with E-state index >= 15 is 0 Å². The van der Waals surface area contributed by atoms with E-state index in [1.54, 1.807) is 49.4 Å². The van der Waals surface area contributed by atoms with Crippen molar-refractivity contribution in [2.24, 2.45) is 5.10 Å². The van der Waals surface area contributed by atoms with Gasteiger partial charge in [-0.2, -0.15) is 10.4 Å². The number of nitrogens with zero attached hydrogens (tertiary/aromatic N) is 3. The Morgan fingerprint density at radius 1 is 1.30 bits per heavy atom. The summed E-state index contributed by atoms with van der Waals surface area (Å²) in [7, 11) is 0. The Labute approximate surface area is 176 Å². The van der Waals surface area contributed by atoms with E-state index in [-0.39, 0.29) is 34.4 Å². The van der Waals surface area contributed by atoms with Crippen molar-refractivity contribution in [1.29, 1.82) is 5.26 Å². The lowest BCUT2D eigenvalue weighted by molar-refractivity contribution is 0.0526. The molecule has 2 N–H and O–H groups in total. The smallest absolute Gasteiger partial charge is 0.340 e. The first kappa shape index (κ1) is 20.8. The highest BCUT2D eigenvalue weighted by molar-refractivity contribution is 6.34. The summed E-state index contributed by atoms with van der Waals surface area (Å²) in [6.45, 7) is 1.90. The number of aromatic amines is 1. The van der Waals surface area contributed by atoms with Crippen LogP contribution in [0.3, 0.4) is 0 Å². The zero-order chi connectivity index (χ0) is 21.5. The van der Waals surface area contributed by atoms with Crippen LogP contribution in [0.5, 0.6) is 0 Å². The van der Waals surface area contributed by atoms with Gasteiger partial charge in [-0.15, -0.1) is 0 Å². The lowest BCUT2D eigenvalue weighted by Crippen LogP contribution is -2.16. The maximum atomic E-state index is 12.3. The second kappa shape index (κ2) is 9.49. The number of rotatable bonds is 6. The highest BCUT2D eigenvalue weighted by Gasteiger charge is 2.16. The van der Waals surface area contributed by atoms with Crippen LogP contribution >= 0.6 is 11.6 Å². The molecule has 0 aliphatic heterocycles. The molecule has 0 aliphatic carbocycles. The van der Waals surface area contributed by atoms with Crippen LogP contribution in [-0.2, 0) is 4.74 Å². The van der Waals surface area contributed by atoms with Crippen molar-refractivity contribution < 1.29 is 9.53 Å². The van der Waals surface area contributed by atoms with Crippen LogP contribution in [0.15, 0.2) is 58.4 Å². The first-order chi connectivity index (χ1) is 14.5. The number of esters is 1. The van der Waals surface area contributed by atoms with Crippen LogP contribution in [0.2, 0.25) is 5.02 Å². The predicted molar refractivity (Wildman–Crippen MR) is 114 cm³/mol. The average Bonchev–Trinajstić information content (AvgIpc) is 2.74. The van der Waals surface area contributed by atoms with E-state index < -0.39 is 11.5 Å². The Kier molecular flexibility index (Phi) is 6.57. The molecule has 9 heteroatoms. The predicted octanol–water partition coefficient (Wildman–Crippen LogP) is 3.58. The van der Waals surface area contributed by atoms with E-state index in [9.17, 15) is 14.9 Å². The van der Waals surface area contributed by atoms with E-state index in [0.717, 1.165) is 0 Å². The van der Waals surface area contributed by atoms with Crippen LogP contribution in [0, 0.1) is 11.3 Å². The summed E-state index contributed by atoms with van der Waals surface area (Å²) in [6, 6.07) is 15.6. The molecule has 0 spiro atoms. The fourth-order valence-electron chi connectivity index (χ4n) is 2.66. The lowest BCUT2D eigenvalue weighted by Gasteiger charge is -2.08. The maximum Gasteiger partial charge on any atom is 0.340 e. The van der Waals surface area contributed by atoms with Crippen LogP contribution in [0.25, 0.3) is 11.3 Å². The zero-order valence-corrected chi connectivity index (χ0v) is 16.6. The number of hydrazone groups is 1. The van der Waals surface area contributed by atoms with Crippen molar-refractivity contribution in [2.45, 2.75) is 6.92 Å². The van der Waals surface area contributed by atoms with Gasteiger partial charge in [0.05, 0.1) is 29.1 Å². The molecule has 0 aliphatic rings. The van der Waals surface area contributed by atoms with Crippen molar-refractivity contribution in [2.75, 3.05) is 12.0 Å². The quantitative estimate of drug-likeness (QED) is 0.356. The van der Waals surface area contributed by atoms with Crippen molar-refractivity contribution in [3.05, 3.63) is 80.6 Å². The molecular weight excluding hydrogens is 406 g/mol. The van der Waals surface area contributed by atoms with E-state index in [4.69, 9.17) is 16.3 Å². The van der Waals surface area contributed by atoms with Gasteiger partial charge in [0.25, 0.3) is 5.56 Å². The molecule has 0 radical (unpaired) electrons. The molecule has 1 heterocycles. The van der Waals surface area contributed by atoms with Crippen molar-refractivity contribution >= 4 is 29.7 Å². The summed E-state index contributed by atoms with van der Waals surface area (Å²) >= 11 is 6.13. The van der Waals surface area contributed by atoms with Crippen LogP contribution in [-0.4, -0.2) is 28.8 Å². The van der Waals surface area contributed by atoms with Gasteiger partial charge in [-0.3, -0.25) is 9.78 Å². The lowest BCUT2D eigenvalue weighted by atomic mass is 10.1. The molecule has 0 fully saturated rings. The van der Waals surface area contributed by atoms with E-state index in [2.05, 4.69) is 20.5 Å². The molecule has 0 amide bonds. The third kappa shape index (κ3) is 4.54. The van der Waals surface area contributed by atoms with Gasteiger partial charge < -0.3 is 4.74 Å². The Morgan fingerprint density at radius 2 is 2.07 bits per heavy atom. The molecule has 150 valence electrons. The van der Waals surface area contributed by atoms with Crippen LogP contribution in [0.4, 0.5) is 5.95 Å². The Morgan fingerprint density at radius 3 is 2.77 bits per heavy atom. The third-order valence-corrected chi connectivity index (χ3v) is 4.29. The molecule has 3 rings (SSSR count). The molecule has 0 bridgehead atoms. The zero-order valence-electron chi connectivity index (χ0n) is 15.8. The number of aromatic nitrogens is 2. The van der Waals surface area contributed by atoms with Crippen molar-refractivity contribution in [3.8, 4) is 17.3 Å². The summed E-state index contributed by atoms with van der Waals surface area (Å²) in [5, 5.41) is 13.6. The summed E-state index contributed by atoms with van der Waals surface area (Å²) in [5.74, 6) is -0.533. The minimum absolute atomic E-state index is 0.0359. The number of carbonyl (C=O) groups excluding carboxylic acids is 1. The summed E-state index contributed by atoms with van der Waals surface area (Å²) in [6.07, 6.45) is 1.36. The Balaban J connectivity index is 1.92. The summed E-state index contributed by atoms with van der Waals surface area (Å²) in [5.41, 5.74) is 3.36. The van der Waals surface area contributed by atoms with Crippen LogP contribution in [0.1, 0.15) is 28.4 Å². The number of H-pyrrole nitrogens is 1. The van der Waals surface area contributed by atoms with Gasteiger partial charge >= 0.3 is 5.97 Å². The first-order valence-electron chi connectivity index (χ1n) is 8.89. The van der Waals surface area contributed by atoms with Gasteiger partial charge in [0, 0.05) is 11.1 Å². The van der Waals surface area contributed by atoms with E-state index in [1.807, 2.05) is 12.1 Å². The first-order valence-corrected chi connectivity index (χ1v) is 9.27. The number of ether oxygens (including phenoxy) is 1. The number of halogens is 1. The normalized spacial score (nSPS) is 10.6. The number of hydrogen-bond donors (Lipinski definition) is 2. The molecule has 0 unspecified atom stereocenters. The van der Waals surface area contributed by atoms with Gasteiger partial charge in [-0.1, -0.05) is 54.1 Å². The minimum atomic E-state index is -0.598. The van der Waals surface area contributed by atoms with Gasteiger partial charge in [0.2, 0.25) is 5.95 Å². The second-order valence-corrected chi connectivity index (χ2v) is 6.32. The van der Waals surface area contributed by atoms with E-state index in [0.29, 0.717) is 11.1 Å². The highest BCUT2D eigenvalue weighted by atomic mass is 35.5. The minimum Gasteiger partial charge on any atom is -0.462 e. The topological polar surface area (TPSA) is 120 Å². The third-order valence-electron chi connectivity index (χ3n) is 3.98. The molecule has 0 saturated carbocycles. The molecule has 2 aromatic carbocycles. The molecule has 3 aromatic rings. The fourth-order valence-corrected chi connectivity index (χ4v) is 2.92. The average molecular weight is 422 g/mol. The van der Waals surface area contributed by atoms with Crippen molar-refractivity contribution in [3.63, 3.8) is 0 Å². The van der Waals surface area contributed by atoms with Gasteiger partial charge in [0.15, 0.2) is 0 Å². The molecule has 0 atom stereocenters. The second-order valence-electron chi connectivity index (χ2n) is 5.91. The number of hydrogen-bond acceptors (Lipinski definition) is 7. The van der Waals surface area contributed by atoms with Crippen LogP contribution < -0.4 is 11.0 Å². The molecule has 8 nitrogen and oxygen atoms in total. The van der Waals surface area contributed by atoms with Crippen molar-refractivity contribution in [1.82, 2.24) is 9.97 Å². The molecule has 1 aromatic heterocycles. The van der Waals surface area contributed by atoms with Gasteiger partial charge in [0.1, 0.15) is 11.6 Å². The Bertz CT molecular complexity index is 1200.